The first kappa shape index (κ1) is 11.5. The summed E-state index contributed by atoms with van der Waals surface area (Å²) in [6, 6.07) is -0.0306. The molecular formula is C11H22N2O. The third-order valence-electron chi connectivity index (χ3n) is 2.76. The van der Waals surface area contributed by atoms with Gasteiger partial charge >= 0.3 is 0 Å². The Morgan fingerprint density at radius 3 is 2.43 bits per heavy atom. The smallest absolute Gasteiger partial charge is 0.237 e. The standard InChI is InChI=1S/C11H22N2O/c1-7(2)6-10(12)11(14)13-8(3)9-4-5-9/h7-10H,4-6,12H2,1-3H3,(H,13,14)/t8?,10-/m0/s1. The zero-order chi connectivity index (χ0) is 10.7. The molecule has 0 saturated heterocycles. The number of carbonyl (C=O) groups is 1. The van der Waals surface area contributed by atoms with Crippen molar-refractivity contribution >= 4 is 5.91 Å². The van der Waals surface area contributed by atoms with Crippen LogP contribution in [0.15, 0.2) is 0 Å². The monoisotopic (exact) mass is 198 g/mol. The molecule has 0 aromatic heterocycles. The number of hydrogen-bond donors (Lipinski definition) is 2. The van der Waals surface area contributed by atoms with Crippen molar-refractivity contribution in [2.45, 2.75) is 52.1 Å². The van der Waals surface area contributed by atoms with Crippen molar-refractivity contribution in [1.29, 1.82) is 0 Å². The SMILES string of the molecule is CC(C)C[C@H](N)C(=O)NC(C)C1CC1. The van der Waals surface area contributed by atoms with Crippen LogP contribution in [-0.2, 0) is 4.79 Å². The van der Waals surface area contributed by atoms with E-state index in [0.717, 1.165) is 6.42 Å². The van der Waals surface area contributed by atoms with Gasteiger partial charge in [-0.15, -0.1) is 0 Å². The summed E-state index contributed by atoms with van der Waals surface area (Å²) in [5.41, 5.74) is 5.77. The maximum Gasteiger partial charge on any atom is 0.237 e. The zero-order valence-electron chi connectivity index (χ0n) is 9.42. The molecule has 14 heavy (non-hydrogen) atoms. The van der Waals surface area contributed by atoms with Gasteiger partial charge < -0.3 is 11.1 Å². The normalized spacial score (nSPS) is 20.6. The Kier molecular flexibility index (Phi) is 3.93. The molecule has 1 aliphatic rings. The van der Waals surface area contributed by atoms with Crippen LogP contribution in [0.4, 0.5) is 0 Å². The van der Waals surface area contributed by atoms with Gasteiger partial charge in [-0.05, 0) is 38.0 Å². The van der Waals surface area contributed by atoms with Crippen LogP contribution in [0.3, 0.4) is 0 Å². The van der Waals surface area contributed by atoms with Gasteiger partial charge in [0.25, 0.3) is 0 Å². The average molecular weight is 198 g/mol. The van der Waals surface area contributed by atoms with Gasteiger partial charge in [0.15, 0.2) is 0 Å². The topological polar surface area (TPSA) is 55.1 Å². The van der Waals surface area contributed by atoms with E-state index in [1.807, 2.05) is 0 Å². The molecule has 3 nitrogen and oxygen atoms in total. The number of carbonyl (C=O) groups excluding carboxylic acids is 1. The molecule has 2 atom stereocenters. The molecule has 1 unspecified atom stereocenters. The van der Waals surface area contributed by atoms with Gasteiger partial charge in [-0.1, -0.05) is 13.8 Å². The van der Waals surface area contributed by atoms with E-state index in [1.54, 1.807) is 0 Å². The van der Waals surface area contributed by atoms with E-state index >= 15 is 0 Å². The minimum Gasteiger partial charge on any atom is -0.352 e. The van der Waals surface area contributed by atoms with Crippen molar-refractivity contribution < 1.29 is 4.79 Å². The highest BCUT2D eigenvalue weighted by molar-refractivity contribution is 5.81. The van der Waals surface area contributed by atoms with E-state index in [0.29, 0.717) is 17.9 Å². The summed E-state index contributed by atoms with van der Waals surface area (Å²) in [5.74, 6) is 1.19. The fourth-order valence-electron chi connectivity index (χ4n) is 1.66. The summed E-state index contributed by atoms with van der Waals surface area (Å²) in [4.78, 5) is 11.6. The predicted molar refractivity (Wildman–Crippen MR) is 57.8 cm³/mol. The molecule has 1 saturated carbocycles. The number of rotatable bonds is 5. The van der Waals surface area contributed by atoms with E-state index in [-0.39, 0.29) is 11.9 Å². The van der Waals surface area contributed by atoms with Gasteiger partial charge in [-0.2, -0.15) is 0 Å². The summed E-state index contributed by atoms with van der Waals surface area (Å²) in [5, 5.41) is 2.98. The van der Waals surface area contributed by atoms with Gasteiger partial charge in [0.1, 0.15) is 0 Å². The fourth-order valence-corrected chi connectivity index (χ4v) is 1.66. The van der Waals surface area contributed by atoms with Gasteiger partial charge in [-0.25, -0.2) is 0 Å². The van der Waals surface area contributed by atoms with Crippen molar-refractivity contribution in [3.63, 3.8) is 0 Å². The summed E-state index contributed by atoms with van der Waals surface area (Å²) < 4.78 is 0. The number of nitrogens with two attached hydrogens (primary N) is 1. The largest absolute Gasteiger partial charge is 0.352 e. The van der Waals surface area contributed by atoms with E-state index < -0.39 is 0 Å². The summed E-state index contributed by atoms with van der Waals surface area (Å²) in [6.45, 7) is 6.23. The minimum atomic E-state index is -0.337. The molecule has 0 aromatic rings. The van der Waals surface area contributed by atoms with Gasteiger partial charge in [0.05, 0.1) is 6.04 Å². The Balaban J connectivity index is 2.25. The predicted octanol–water partition coefficient (Wildman–Crippen LogP) is 1.27. The second kappa shape index (κ2) is 4.78. The molecule has 0 heterocycles. The molecule has 1 amide bonds. The summed E-state index contributed by atoms with van der Waals surface area (Å²) in [6.07, 6.45) is 3.27. The lowest BCUT2D eigenvalue weighted by Gasteiger charge is -2.18. The lowest BCUT2D eigenvalue weighted by atomic mass is 10.0. The zero-order valence-corrected chi connectivity index (χ0v) is 9.42. The molecule has 1 rings (SSSR count). The maximum atomic E-state index is 11.6. The Labute approximate surface area is 86.4 Å². The Morgan fingerprint density at radius 2 is 2.00 bits per heavy atom. The van der Waals surface area contributed by atoms with E-state index in [9.17, 15) is 4.79 Å². The summed E-state index contributed by atoms with van der Waals surface area (Å²) >= 11 is 0. The van der Waals surface area contributed by atoms with Crippen molar-refractivity contribution in [2.75, 3.05) is 0 Å². The highest BCUT2D eigenvalue weighted by Crippen LogP contribution is 2.32. The van der Waals surface area contributed by atoms with Gasteiger partial charge in [0.2, 0.25) is 5.91 Å². The highest BCUT2D eigenvalue weighted by atomic mass is 16.2. The van der Waals surface area contributed by atoms with Crippen molar-refractivity contribution in [3.8, 4) is 0 Å². The molecule has 0 bridgehead atoms. The third kappa shape index (κ3) is 3.66. The van der Waals surface area contributed by atoms with Crippen molar-refractivity contribution in [2.24, 2.45) is 17.6 Å². The molecule has 0 spiro atoms. The molecule has 0 aromatic carbocycles. The first-order valence-corrected chi connectivity index (χ1v) is 5.56. The molecule has 1 fully saturated rings. The van der Waals surface area contributed by atoms with Crippen LogP contribution in [0.5, 0.6) is 0 Å². The Bertz CT molecular complexity index is 199. The van der Waals surface area contributed by atoms with Gasteiger partial charge in [0, 0.05) is 6.04 Å². The Morgan fingerprint density at radius 1 is 1.43 bits per heavy atom. The quantitative estimate of drug-likeness (QED) is 0.699. The third-order valence-corrected chi connectivity index (χ3v) is 2.76. The van der Waals surface area contributed by atoms with Gasteiger partial charge in [-0.3, -0.25) is 4.79 Å². The lowest BCUT2D eigenvalue weighted by molar-refractivity contribution is -0.123. The van der Waals surface area contributed by atoms with Crippen LogP contribution in [0.25, 0.3) is 0 Å². The lowest BCUT2D eigenvalue weighted by Crippen LogP contribution is -2.45. The molecule has 3 heteroatoms. The Hall–Kier alpha value is -0.570. The van der Waals surface area contributed by atoms with E-state index in [2.05, 4.69) is 26.1 Å². The van der Waals surface area contributed by atoms with Crippen molar-refractivity contribution in [3.05, 3.63) is 0 Å². The van der Waals surface area contributed by atoms with Crippen molar-refractivity contribution in [1.82, 2.24) is 5.32 Å². The first-order chi connectivity index (χ1) is 6.50. The maximum absolute atomic E-state index is 11.6. The number of amides is 1. The first-order valence-electron chi connectivity index (χ1n) is 5.56. The molecule has 0 aliphatic heterocycles. The number of nitrogens with one attached hydrogen (secondary N) is 1. The molecule has 3 N–H and O–H groups in total. The van der Waals surface area contributed by atoms with Crippen LogP contribution >= 0.6 is 0 Å². The minimum absolute atomic E-state index is 0.0121. The molecule has 82 valence electrons. The van der Waals surface area contributed by atoms with Crippen LogP contribution in [0, 0.1) is 11.8 Å². The highest BCUT2D eigenvalue weighted by Gasteiger charge is 2.29. The van der Waals surface area contributed by atoms with E-state index in [1.165, 1.54) is 12.8 Å². The second-order valence-corrected chi connectivity index (χ2v) is 4.87. The fraction of sp³-hybridized carbons (Fsp3) is 0.909. The summed E-state index contributed by atoms with van der Waals surface area (Å²) in [7, 11) is 0. The molecular weight excluding hydrogens is 176 g/mol. The molecule has 1 aliphatic carbocycles. The average Bonchev–Trinajstić information content (AvgIpc) is 2.84. The van der Waals surface area contributed by atoms with Crippen LogP contribution in [0.2, 0.25) is 0 Å². The van der Waals surface area contributed by atoms with Crippen LogP contribution < -0.4 is 11.1 Å². The molecule has 0 radical (unpaired) electrons. The van der Waals surface area contributed by atoms with Crippen LogP contribution in [-0.4, -0.2) is 18.0 Å². The second-order valence-electron chi connectivity index (χ2n) is 4.87. The van der Waals surface area contributed by atoms with Crippen LogP contribution in [0.1, 0.15) is 40.0 Å². The number of hydrogen-bond acceptors (Lipinski definition) is 2. The van der Waals surface area contributed by atoms with E-state index in [4.69, 9.17) is 5.73 Å².